The first-order chi connectivity index (χ1) is 9.29. The summed E-state index contributed by atoms with van der Waals surface area (Å²) >= 11 is 0. The quantitative estimate of drug-likeness (QED) is 0.850. The smallest absolute Gasteiger partial charge is 0.262 e. The molecule has 1 aromatic carbocycles. The highest BCUT2D eigenvalue weighted by Gasteiger charge is 2.17. The lowest BCUT2D eigenvalue weighted by Gasteiger charge is -2.10. The zero-order valence-electron chi connectivity index (χ0n) is 11.0. The molecule has 0 aliphatic heterocycles. The molecule has 1 aromatic heterocycles. The summed E-state index contributed by atoms with van der Waals surface area (Å²) in [4.78, 5) is 3.66. The van der Waals surface area contributed by atoms with Gasteiger partial charge in [0.05, 0.1) is 16.8 Å². The standard InChI is InChI=1S/C13H14FN3O2S/c1-8-3-10(7-16-6-8)17-20(18,19)11-4-12(14)9(2)13(15)5-11/h3-7,17H,15H2,1-2H3. The van der Waals surface area contributed by atoms with Crippen molar-refractivity contribution in [2.75, 3.05) is 10.5 Å². The van der Waals surface area contributed by atoms with Gasteiger partial charge >= 0.3 is 0 Å². The minimum absolute atomic E-state index is 0.0905. The van der Waals surface area contributed by atoms with E-state index < -0.39 is 15.8 Å². The summed E-state index contributed by atoms with van der Waals surface area (Å²) < 4.78 is 40.3. The van der Waals surface area contributed by atoms with E-state index >= 15 is 0 Å². The zero-order chi connectivity index (χ0) is 14.9. The SMILES string of the molecule is Cc1cncc(NS(=O)(=O)c2cc(N)c(C)c(F)c2)c1. The maximum absolute atomic E-state index is 13.6. The third kappa shape index (κ3) is 2.88. The largest absolute Gasteiger partial charge is 0.398 e. The predicted molar refractivity (Wildman–Crippen MR) is 75.3 cm³/mol. The first-order valence-electron chi connectivity index (χ1n) is 5.80. The lowest BCUT2D eigenvalue weighted by atomic mass is 10.2. The van der Waals surface area contributed by atoms with Crippen molar-refractivity contribution in [1.82, 2.24) is 4.98 Å². The van der Waals surface area contributed by atoms with Crippen molar-refractivity contribution in [2.45, 2.75) is 18.7 Å². The van der Waals surface area contributed by atoms with Crippen molar-refractivity contribution < 1.29 is 12.8 Å². The van der Waals surface area contributed by atoms with Crippen LogP contribution in [0.25, 0.3) is 0 Å². The number of aryl methyl sites for hydroxylation is 1. The summed E-state index contributed by atoms with van der Waals surface area (Å²) in [5, 5.41) is 0. The number of nitrogens with two attached hydrogens (primary N) is 1. The Morgan fingerprint density at radius 1 is 1.20 bits per heavy atom. The number of hydrogen-bond donors (Lipinski definition) is 2. The van der Waals surface area contributed by atoms with Crippen molar-refractivity contribution >= 4 is 21.4 Å². The summed E-state index contributed by atoms with van der Waals surface area (Å²) in [5.74, 6) is -0.659. The number of sulfonamides is 1. The Kier molecular flexibility index (Phi) is 3.63. The van der Waals surface area contributed by atoms with Crippen molar-refractivity contribution in [3.8, 4) is 0 Å². The summed E-state index contributed by atoms with van der Waals surface area (Å²) in [6.07, 6.45) is 2.97. The normalized spacial score (nSPS) is 11.3. The Hall–Kier alpha value is -2.15. The molecule has 2 aromatic rings. The van der Waals surface area contributed by atoms with Crippen molar-refractivity contribution in [3.05, 3.63) is 47.5 Å². The van der Waals surface area contributed by atoms with E-state index in [1.807, 2.05) is 0 Å². The topological polar surface area (TPSA) is 85.1 Å². The fraction of sp³-hybridized carbons (Fsp3) is 0.154. The number of benzene rings is 1. The Balaban J connectivity index is 2.41. The molecule has 0 saturated heterocycles. The molecule has 0 aliphatic carbocycles. The monoisotopic (exact) mass is 295 g/mol. The van der Waals surface area contributed by atoms with Gasteiger partial charge < -0.3 is 5.73 Å². The second-order valence-corrected chi connectivity index (χ2v) is 6.16. The molecule has 0 saturated carbocycles. The van der Waals surface area contributed by atoms with Crippen molar-refractivity contribution in [1.29, 1.82) is 0 Å². The van der Waals surface area contributed by atoms with E-state index in [0.29, 0.717) is 5.69 Å². The summed E-state index contributed by atoms with van der Waals surface area (Å²) in [7, 11) is -3.90. The van der Waals surface area contributed by atoms with Gasteiger partial charge in [-0.05, 0) is 37.6 Å². The fourth-order valence-corrected chi connectivity index (χ4v) is 2.73. The fourth-order valence-electron chi connectivity index (χ4n) is 1.65. The first kappa shape index (κ1) is 14.3. The number of nitrogens with zero attached hydrogens (tertiary/aromatic N) is 1. The minimum Gasteiger partial charge on any atom is -0.398 e. The van der Waals surface area contributed by atoms with Crippen LogP contribution in [0.5, 0.6) is 0 Å². The van der Waals surface area contributed by atoms with Crippen molar-refractivity contribution in [2.24, 2.45) is 0 Å². The van der Waals surface area contributed by atoms with E-state index in [-0.39, 0.29) is 16.1 Å². The number of nitrogen functional groups attached to an aromatic ring is 1. The molecule has 7 heteroatoms. The van der Waals surface area contributed by atoms with Crippen LogP contribution in [0.2, 0.25) is 0 Å². The van der Waals surface area contributed by atoms with E-state index in [1.54, 1.807) is 19.2 Å². The van der Waals surface area contributed by atoms with Gasteiger partial charge in [0.1, 0.15) is 5.82 Å². The van der Waals surface area contributed by atoms with Crippen molar-refractivity contribution in [3.63, 3.8) is 0 Å². The maximum Gasteiger partial charge on any atom is 0.262 e. The highest BCUT2D eigenvalue weighted by Crippen LogP contribution is 2.23. The van der Waals surface area contributed by atoms with Crippen LogP contribution in [0, 0.1) is 19.7 Å². The molecule has 2 rings (SSSR count). The second-order valence-electron chi connectivity index (χ2n) is 4.48. The molecule has 0 atom stereocenters. The van der Waals surface area contributed by atoms with Gasteiger partial charge in [-0.15, -0.1) is 0 Å². The summed E-state index contributed by atoms with van der Waals surface area (Å²) in [6, 6.07) is 3.79. The Labute approximate surface area is 116 Å². The molecule has 0 bridgehead atoms. The average molecular weight is 295 g/mol. The molecule has 5 nitrogen and oxygen atoms in total. The molecule has 0 spiro atoms. The van der Waals surface area contributed by atoms with Crippen LogP contribution in [0.15, 0.2) is 35.5 Å². The van der Waals surface area contributed by atoms with Crippen LogP contribution in [-0.2, 0) is 10.0 Å². The zero-order valence-corrected chi connectivity index (χ0v) is 11.8. The molecule has 20 heavy (non-hydrogen) atoms. The van der Waals surface area contributed by atoms with Gasteiger partial charge in [0.2, 0.25) is 0 Å². The van der Waals surface area contributed by atoms with Crippen LogP contribution >= 0.6 is 0 Å². The lowest BCUT2D eigenvalue weighted by molar-refractivity contribution is 0.593. The Morgan fingerprint density at radius 2 is 1.90 bits per heavy atom. The number of hydrogen-bond acceptors (Lipinski definition) is 4. The second kappa shape index (κ2) is 5.09. The van der Waals surface area contributed by atoms with Crippen LogP contribution in [0.3, 0.4) is 0 Å². The van der Waals surface area contributed by atoms with Crippen LogP contribution < -0.4 is 10.5 Å². The van der Waals surface area contributed by atoms with Gasteiger partial charge in [-0.1, -0.05) is 0 Å². The van der Waals surface area contributed by atoms with Gasteiger partial charge in [-0.2, -0.15) is 0 Å². The van der Waals surface area contributed by atoms with Gasteiger partial charge in [-0.25, -0.2) is 12.8 Å². The third-order valence-electron chi connectivity index (χ3n) is 2.80. The highest BCUT2D eigenvalue weighted by molar-refractivity contribution is 7.92. The Bertz CT molecular complexity index is 737. The van der Waals surface area contributed by atoms with Gasteiger partial charge in [0, 0.05) is 17.4 Å². The maximum atomic E-state index is 13.6. The summed E-state index contributed by atoms with van der Waals surface area (Å²) in [6.45, 7) is 3.27. The molecule has 3 N–H and O–H groups in total. The van der Waals surface area contributed by atoms with Gasteiger partial charge in [0.15, 0.2) is 0 Å². The Morgan fingerprint density at radius 3 is 2.50 bits per heavy atom. The van der Waals surface area contributed by atoms with Gasteiger partial charge in [0.25, 0.3) is 10.0 Å². The molecule has 0 fully saturated rings. The predicted octanol–water partition coefficient (Wildman–Crippen LogP) is 2.22. The van der Waals surface area contributed by atoms with E-state index in [9.17, 15) is 12.8 Å². The minimum atomic E-state index is -3.90. The summed E-state index contributed by atoms with van der Waals surface area (Å²) in [5.41, 5.74) is 7.02. The number of aromatic nitrogens is 1. The van der Waals surface area contributed by atoms with E-state index in [0.717, 1.165) is 11.6 Å². The van der Waals surface area contributed by atoms with Crippen LogP contribution in [0.1, 0.15) is 11.1 Å². The number of anilines is 2. The van der Waals surface area contributed by atoms with Crippen LogP contribution in [0.4, 0.5) is 15.8 Å². The lowest BCUT2D eigenvalue weighted by Crippen LogP contribution is -2.14. The highest BCUT2D eigenvalue weighted by atomic mass is 32.2. The number of rotatable bonds is 3. The van der Waals surface area contributed by atoms with E-state index in [4.69, 9.17) is 5.73 Å². The molecule has 1 heterocycles. The molecular weight excluding hydrogens is 281 g/mol. The molecule has 0 unspecified atom stereocenters. The first-order valence-corrected chi connectivity index (χ1v) is 7.28. The van der Waals surface area contributed by atoms with E-state index in [2.05, 4.69) is 9.71 Å². The van der Waals surface area contributed by atoms with E-state index in [1.165, 1.54) is 19.2 Å². The molecular formula is C13H14FN3O2S. The number of nitrogens with one attached hydrogen (secondary N) is 1. The average Bonchev–Trinajstić information content (AvgIpc) is 2.34. The molecule has 0 radical (unpaired) electrons. The number of pyridine rings is 1. The molecule has 106 valence electrons. The third-order valence-corrected chi connectivity index (χ3v) is 4.16. The molecule has 0 aliphatic rings. The van der Waals surface area contributed by atoms with Crippen LogP contribution in [-0.4, -0.2) is 13.4 Å². The molecule has 0 amide bonds. The van der Waals surface area contributed by atoms with Gasteiger partial charge in [-0.3, -0.25) is 9.71 Å². The number of halogens is 1.